The smallest absolute Gasteiger partial charge is 0.263 e. The third-order valence-corrected chi connectivity index (χ3v) is 2.77. The quantitative estimate of drug-likeness (QED) is 0.734. The Bertz CT molecular complexity index is 480. The Kier molecular flexibility index (Phi) is 3.92. The first kappa shape index (κ1) is 12.5. The van der Waals surface area contributed by atoms with Crippen molar-refractivity contribution in [3.63, 3.8) is 0 Å². The predicted octanol–water partition coefficient (Wildman–Crippen LogP) is 2.13. The molecule has 0 amide bonds. The number of hydrogen-bond acceptors (Lipinski definition) is 3. The van der Waals surface area contributed by atoms with Crippen molar-refractivity contribution in [1.82, 2.24) is 19.1 Å². The average molecular weight is 246 g/mol. The van der Waals surface area contributed by atoms with E-state index in [0.29, 0.717) is 11.6 Å². The first-order chi connectivity index (χ1) is 8.77. The highest BCUT2D eigenvalue weighted by atomic mass is 16.1. The lowest BCUT2D eigenvalue weighted by atomic mass is 10.3. The summed E-state index contributed by atoms with van der Waals surface area (Å²) in [5, 5.41) is 0. The van der Waals surface area contributed by atoms with Crippen LogP contribution in [0.1, 0.15) is 43.1 Å². The zero-order valence-corrected chi connectivity index (χ0v) is 10.8. The van der Waals surface area contributed by atoms with Crippen LogP contribution in [0.15, 0.2) is 24.8 Å². The van der Waals surface area contributed by atoms with Gasteiger partial charge in [0.05, 0.1) is 0 Å². The van der Waals surface area contributed by atoms with E-state index in [4.69, 9.17) is 0 Å². The molecule has 2 heterocycles. The molecule has 2 aromatic heterocycles. The zero-order valence-electron chi connectivity index (χ0n) is 10.8. The highest BCUT2D eigenvalue weighted by molar-refractivity contribution is 6.04. The Morgan fingerprint density at radius 1 is 1.00 bits per heavy atom. The number of aromatic nitrogens is 4. The third-order valence-electron chi connectivity index (χ3n) is 2.77. The van der Waals surface area contributed by atoms with Crippen molar-refractivity contribution in [1.29, 1.82) is 0 Å². The molecule has 18 heavy (non-hydrogen) atoms. The van der Waals surface area contributed by atoms with Gasteiger partial charge in [0, 0.05) is 37.9 Å². The van der Waals surface area contributed by atoms with Crippen LogP contribution in [0.2, 0.25) is 0 Å². The highest BCUT2D eigenvalue weighted by Crippen LogP contribution is 2.08. The van der Waals surface area contributed by atoms with Crippen molar-refractivity contribution in [2.24, 2.45) is 0 Å². The Morgan fingerprint density at radius 2 is 1.44 bits per heavy atom. The second-order valence-corrected chi connectivity index (χ2v) is 4.22. The number of imidazole rings is 2. The molecule has 0 aliphatic heterocycles. The molecule has 2 aromatic rings. The predicted molar refractivity (Wildman–Crippen MR) is 68.5 cm³/mol. The van der Waals surface area contributed by atoms with Gasteiger partial charge in [0.25, 0.3) is 5.78 Å². The summed E-state index contributed by atoms with van der Waals surface area (Å²) in [4.78, 5) is 20.7. The number of carbonyl (C=O) groups excluding carboxylic acids is 1. The van der Waals surface area contributed by atoms with Gasteiger partial charge in [0.15, 0.2) is 11.6 Å². The van der Waals surface area contributed by atoms with Gasteiger partial charge < -0.3 is 9.13 Å². The molecular formula is C13H18N4O. The van der Waals surface area contributed by atoms with Gasteiger partial charge in [-0.15, -0.1) is 0 Å². The molecule has 0 unspecified atom stereocenters. The van der Waals surface area contributed by atoms with Gasteiger partial charge in [-0.05, 0) is 12.8 Å². The van der Waals surface area contributed by atoms with Gasteiger partial charge in [-0.1, -0.05) is 13.8 Å². The molecule has 0 spiro atoms. The van der Waals surface area contributed by atoms with Crippen LogP contribution in [-0.4, -0.2) is 24.9 Å². The molecule has 0 aromatic carbocycles. The van der Waals surface area contributed by atoms with Crippen LogP contribution in [0.3, 0.4) is 0 Å². The minimum atomic E-state index is -0.105. The molecule has 0 saturated heterocycles. The first-order valence-corrected chi connectivity index (χ1v) is 6.34. The number of ketones is 1. The van der Waals surface area contributed by atoms with E-state index >= 15 is 0 Å². The Morgan fingerprint density at radius 3 is 1.83 bits per heavy atom. The van der Waals surface area contributed by atoms with Gasteiger partial charge >= 0.3 is 0 Å². The lowest BCUT2D eigenvalue weighted by molar-refractivity contribution is 0.101. The normalized spacial score (nSPS) is 10.8. The molecule has 0 bridgehead atoms. The van der Waals surface area contributed by atoms with Crippen molar-refractivity contribution in [3.8, 4) is 0 Å². The van der Waals surface area contributed by atoms with E-state index in [1.54, 1.807) is 12.4 Å². The van der Waals surface area contributed by atoms with Crippen LogP contribution in [0.5, 0.6) is 0 Å². The number of aryl methyl sites for hydroxylation is 2. The molecule has 0 atom stereocenters. The summed E-state index contributed by atoms with van der Waals surface area (Å²) in [6.45, 7) is 5.75. The maximum atomic E-state index is 12.4. The maximum absolute atomic E-state index is 12.4. The SMILES string of the molecule is CCCn1ccnc1C(=O)c1nccn1CCC. The molecule has 5 nitrogen and oxygen atoms in total. The van der Waals surface area contributed by atoms with E-state index < -0.39 is 0 Å². The Hall–Kier alpha value is -1.91. The van der Waals surface area contributed by atoms with E-state index in [9.17, 15) is 4.79 Å². The van der Waals surface area contributed by atoms with E-state index in [-0.39, 0.29) is 5.78 Å². The summed E-state index contributed by atoms with van der Waals surface area (Å²) in [5.74, 6) is 0.840. The molecule has 0 saturated carbocycles. The highest BCUT2D eigenvalue weighted by Gasteiger charge is 2.19. The zero-order chi connectivity index (χ0) is 13.0. The maximum Gasteiger partial charge on any atom is 0.263 e. The second kappa shape index (κ2) is 5.62. The van der Waals surface area contributed by atoms with Crippen LogP contribution in [0.25, 0.3) is 0 Å². The minimum Gasteiger partial charge on any atom is -0.328 e. The topological polar surface area (TPSA) is 52.7 Å². The third kappa shape index (κ3) is 2.34. The van der Waals surface area contributed by atoms with E-state index in [2.05, 4.69) is 23.8 Å². The fourth-order valence-electron chi connectivity index (χ4n) is 1.98. The van der Waals surface area contributed by atoms with Crippen molar-refractivity contribution < 1.29 is 4.79 Å². The summed E-state index contributed by atoms with van der Waals surface area (Å²) in [6.07, 6.45) is 8.94. The van der Waals surface area contributed by atoms with Crippen molar-refractivity contribution in [3.05, 3.63) is 36.4 Å². The standard InChI is InChI=1S/C13H18N4O/c1-3-7-16-9-5-14-12(16)11(18)13-15-6-10-17(13)8-4-2/h5-6,9-10H,3-4,7-8H2,1-2H3. The number of rotatable bonds is 6. The van der Waals surface area contributed by atoms with E-state index in [0.717, 1.165) is 25.9 Å². The van der Waals surface area contributed by atoms with Crippen LogP contribution in [0.4, 0.5) is 0 Å². The second-order valence-electron chi connectivity index (χ2n) is 4.22. The van der Waals surface area contributed by atoms with Crippen LogP contribution in [-0.2, 0) is 13.1 Å². The fraction of sp³-hybridized carbons (Fsp3) is 0.462. The van der Waals surface area contributed by atoms with Gasteiger partial charge in [-0.3, -0.25) is 4.79 Å². The lowest BCUT2D eigenvalue weighted by Crippen LogP contribution is -2.16. The van der Waals surface area contributed by atoms with Gasteiger partial charge in [0.1, 0.15) is 0 Å². The molecule has 96 valence electrons. The average Bonchev–Trinajstić information content (AvgIpc) is 2.98. The summed E-state index contributed by atoms with van der Waals surface area (Å²) in [5.41, 5.74) is 0. The lowest BCUT2D eigenvalue weighted by Gasteiger charge is -2.07. The minimum absolute atomic E-state index is 0.105. The van der Waals surface area contributed by atoms with Crippen molar-refractivity contribution >= 4 is 5.78 Å². The number of carbonyl (C=O) groups is 1. The van der Waals surface area contributed by atoms with Crippen LogP contribution >= 0.6 is 0 Å². The van der Waals surface area contributed by atoms with Crippen molar-refractivity contribution in [2.75, 3.05) is 0 Å². The summed E-state index contributed by atoms with van der Waals surface area (Å²) >= 11 is 0. The largest absolute Gasteiger partial charge is 0.328 e. The Labute approximate surface area is 106 Å². The molecule has 0 fully saturated rings. The Balaban J connectivity index is 2.29. The van der Waals surface area contributed by atoms with Gasteiger partial charge in [-0.2, -0.15) is 0 Å². The molecule has 0 aliphatic carbocycles. The van der Waals surface area contributed by atoms with Gasteiger partial charge in [-0.25, -0.2) is 9.97 Å². The molecule has 2 rings (SSSR count). The molecule has 5 heteroatoms. The summed E-state index contributed by atoms with van der Waals surface area (Å²) in [6, 6.07) is 0. The summed E-state index contributed by atoms with van der Waals surface area (Å²) in [7, 11) is 0. The summed E-state index contributed by atoms with van der Waals surface area (Å²) < 4.78 is 3.76. The number of nitrogens with zero attached hydrogens (tertiary/aromatic N) is 4. The monoisotopic (exact) mass is 246 g/mol. The molecular weight excluding hydrogens is 228 g/mol. The van der Waals surface area contributed by atoms with Crippen LogP contribution < -0.4 is 0 Å². The molecule has 0 N–H and O–H groups in total. The molecule has 0 aliphatic rings. The van der Waals surface area contributed by atoms with Crippen molar-refractivity contribution in [2.45, 2.75) is 39.8 Å². The fourth-order valence-corrected chi connectivity index (χ4v) is 1.98. The first-order valence-electron chi connectivity index (χ1n) is 6.34. The van der Waals surface area contributed by atoms with E-state index in [1.807, 2.05) is 21.5 Å². The van der Waals surface area contributed by atoms with Gasteiger partial charge in [0.2, 0.25) is 0 Å². The van der Waals surface area contributed by atoms with E-state index in [1.165, 1.54) is 0 Å². The molecule has 0 radical (unpaired) electrons. The number of hydrogen-bond donors (Lipinski definition) is 0. The van der Waals surface area contributed by atoms with Crippen LogP contribution in [0, 0.1) is 0 Å².